The standard InChI is InChI=1S/C20H32N2O4S/c1-21-18(23)13-27(25,26)17-2-4-22(5-3-17)19(24)12-20-9-14-6-15(10-20)8-16(7-14)11-20/h14-17H,2-13H2,1H3,(H,21,23). The highest BCUT2D eigenvalue weighted by Gasteiger charge is 2.51. The Morgan fingerprint density at radius 2 is 1.52 bits per heavy atom. The van der Waals surface area contributed by atoms with Crippen molar-refractivity contribution >= 4 is 21.7 Å². The third-order valence-electron chi connectivity index (χ3n) is 7.60. The largest absolute Gasteiger partial charge is 0.358 e. The average molecular weight is 397 g/mol. The maximum absolute atomic E-state index is 13.0. The van der Waals surface area contributed by atoms with Crippen molar-refractivity contribution in [3.63, 3.8) is 0 Å². The number of amides is 2. The summed E-state index contributed by atoms with van der Waals surface area (Å²) >= 11 is 0. The first-order valence-corrected chi connectivity index (χ1v) is 12.2. The van der Waals surface area contributed by atoms with E-state index in [0.29, 0.717) is 32.4 Å². The maximum atomic E-state index is 13.0. The molecule has 5 aliphatic rings. The van der Waals surface area contributed by atoms with E-state index >= 15 is 0 Å². The Labute approximate surface area is 162 Å². The fraction of sp³-hybridized carbons (Fsp3) is 0.900. The van der Waals surface area contributed by atoms with Crippen molar-refractivity contribution in [3.8, 4) is 0 Å². The lowest BCUT2D eigenvalue weighted by Crippen LogP contribution is -2.50. The number of hydrogen-bond acceptors (Lipinski definition) is 4. The van der Waals surface area contributed by atoms with Gasteiger partial charge < -0.3 is 10.2 Å². The van der Waals surface area contributed by atoms with E-state index in [4.69, 9.17) is 0 Å². The van der Waals surface area contributed by atoms with Gasteiger partial charge in [-0.05, 0) is 74.5 Å². The van der Waals surface area contributed by atoms with E-state index in [2.05, 4.69) is 5.32 Å². The molecule has 6 nitrogen and oxygen atoms in total. The van der Waals surface area contributed by atoms with Gasteiger partial charge in [-0.1, -0.05) is 0 Å². The molecule has 152 valence electrons. The molecule has 0 radical (unpaired) electrons. The molecule has 5 fully saturated rings. The minimum Gasteiger partial charge on any atom is -0.358 e. The summed E-state index contributed by atoms with van der Waals surface area (Å²) in [5.74, 6) is 1.82. The van der Waals surface area contributed by atoms with Crippen molar-refractivity contribution in [2.24, 2.45) is 23.2 Å². The van der Waals surface area contributed by atoms with Gasteiger partial charge >= 0.3 is 0 Å². The Kier molecular flexibility index (Phi) is 5.02. The topological polar surface area (TPSA) is 83.6 Å². The molecule has 4 bridgehead atoms. The molecule has 0 aromatic heterocycles. The summed E-state index contributed by atoms with van der Waals surface area (Å²) < 4.78 is 24.7. The van der Waals surface area contributed by atoms with Crippen LogP contribution in [0.2, 0.25) is 0 Å². The van der Waals surface area contributed by atoms with Gasteiger partial charge in [0.1, 0.15) is 5.75 Å². The third kappa shape index (κ3) is 3.89. The highest BCUT2D eigenvalue weighted by atomic mass is 32.2. The Balaban J connectivity index is 1.32. The molecular weight excluding hydrogens is 364 g/mol. The van der Waals surface area contributed by atoms with Crippen molar-refractivity contribution in [3.05, 3.63) is 0 Å². The second-order valence-corrected chi connectivity index (χ2v) is 11.9. The molecule has 0 unspecified atom stereocenters. The Hall–Kier alpha value is -1.11. The van der Waals surface area contributed by atoms with Gasteiger partial charge in [0.2, 0.25) is 11.8 Å². The van der Waals surface area contributed by atoms with Crippen LogP contribution in [0.5, 0.6) is 0 Å². The third-order valence-corrected chi connectivity index (χ3v) is 9.76. The van der Waals surface area contributed by atoms with Crippen LogP contribution in [0.25, 0.3) is 0 Å². The summed E-state index contributed by atoms with van der Waals surface area (Å²) in [7, 11) is -1.99. The van der Waals surface area contributed by atoms with E-state index in [1.165, 1.54) is 45.6 Å². The quantitative estimate of drug-likeness (QED) is 0.767. The second-order valence-electron chi connectivity index (χ2n) is 9.65. The summed E-state index contributed by atoms with van der Waals surface area (Å²) in [4.78, 5) is 26.3. The maximum Gasteiger partial charge on any atom is 0.234 e. The second kappa shape index (κ2) is 7.05. The van der Waals surface area contributed by atoms with Crippen LogP contribution in [-0.4, -0.2) is 56.3 Å². The molecule has 0 aromatic carbocycles. The molecular formula is C20H32N2O4S. The predicted molar refractivity (Wildman–Crippen MR) is 103 cm³/mol. The summed E-state index contributed by atoms with van der Waals surface area (Å²) in [5.41, 5.74) is 0.230. The molecule has 0 aromatic rings. The summed E-state index contributed by atoms with van der Waals surface area (Å²) in [5, 5.41) is 1.88. The number of carbonyl (C=O) groups is 2. The number of rotatable bonds is 5. The van der Waals surface area contributed by atoms with E-state index in [1.807, 2.05) is 4.90 Å². The molecule has 4 aliphatic carbocycles. The molecule has 7 heteroatoms. The zero-order valence-electron chi connectivity index (χ0n) is 16.3. The molecule has 4 saturated carbocycles. The highest BCUT2D eigenvalue weighted by Crippen LogP contribution is 2.61. The van der Waals surface area contributed by atoms with Crippen molar-refractivity contribution < 1.29 is 18.0 Å². The fourth-order valence-electron chi connectivity index (χ4n) is 6.78. The minimum atomic E-state index is -3.44. The molecule has 1 aliphatic heterocycles. The number of carbonyl (C=O) groups excluding carboxylic acids is 2. The molecule has 1 heterocycles. The van der Waals surface area contributed by atoms with Crippen LogP contribution in [0.4, 0.5) is 0 Å². The van der Waals surface area contributed by atoms with Crippen molar-refractivity contribution in [2.75, 3.05) is 25.9 Å². The Bertz CT molecular complexity index is 674. The van der Waals surface area contributed by atoms with Crippen LogP contribution in [0.1, 0.15) is 57.8 Å². The lowest BCUT2D eigenvalue weighted by molar-refractivity contribution is -0.140. The summed E-state index contributed by atoms with van der Waals surface area (Å²) in [6.45, 7) is 1.01. The first kappa shape index (κ1) is 19.2. The summed E-state index contributed by atoms with van der Waals surface area (Å²) in [6, 6.07) is 0. The number of likely N-dealkylation sites (tertiary alicyclic amines) is 1. The van der Waals surface area contributed by atoms with Crippen LogP contribution in [-0.2, 0) is 19.4 Å². The number of nitrogens with zero attached hydrogens (tertiary/aromatic N) is 1. The molecule has 2 amide bonds. The normalized spacial score (nSPS) is 36.0. The first-order valence-electron chi connectivity index (χ1n) is 10.5. The van der Waals surface area contributed by atoms with Crippen LogP contribution in [0.15, 0.2) is 0 Å². The molecule has 0 atom stereocenters. The monoisotopic (exact) mass is 396 g/mol. The Morgan fingerprint density at radius 1 is 1.00 bits per heavy atom. The van der Waals surface area contributed by atoms with E-state index in [0.717, 1.165) is 17.8 Å². The van der Waals surface area contributed by atoms with E-state index in [-0.39, 0.29) is 11.3 Å². The average Bonchev–Trinajstić information content (AvgIpc) is 2.59. The van der Waals surface area contributed by atoms with Gasteiger partial charge in [0, 0.05) is 26.6 Å². The fourth-order valence-corrected chi connectivity index (χ4v) is 8.45. The first-order chi connectivity index (χ1) is 12.8. The Morgan fingerprint density at radius 3 is 2.00 bits per heavy atom. The van der Waals surface area contributed by atoms with Crippen LogP contribution in [0.3, 0.4) is 0 Å². The molecule has 0 spiro atoms. The van der Waals surface area contributed by atoms with Gasteiger partial charge in [-0.15, -0.1) is 0 Å². The SMILES string of the molecule is CNC(=O)CS(=O)(=O)C1CCN(C(=O)CC23CC4CC(CC(C4)C2)C3)CC1. The number of nitrogens with one attached hydrogen (secondary N) is 1. The van der Waals surface area contributed by atoms with E-state index in [9.17, 15) is 18.0 Å². The number of sulfone groups is 1. The van der Waals surface area contributed by atoms with E-state index in [1.54, 1.807) is 0 Å². The van der Waals surface area contributed by atoms with E-state index < -0.39 is 26.7 Å². The molecule has 5 rings (SSSR count). The molecule has 27 heavy (non-hydrogen) atoms. The van der Waals surface area contributed by atoms with Gasteiger partial charge in [-0.2, -0.15) is 0 Å². The number of hydrogen-bond donors (Lipinski definition) is 1. The van der Waals surface area contributed by atoms with Gasteiger partial charge in [0.25, 0.3) is 0 Å². The zero-order chi connectivity index (χ0) is 19.2. The lowest BCUT2D eigenvalue weighted by Gasteiger charge is -2.57. The number of piperidine rings is 1. The van der Waals surface area contributed by atoms with Crippen molar-refractivity contribution in [1.29, 1.82) is 0 Å². The van der Waals surface area contributed by atoms with Gasteiger partial charge in [0.15, 0.2) is 9.84 Å². The lowest BCUT2D eigenvalue weighted by atomic mass is 9.49. The van der Waals surface area contributed by atoms with Crippen molar-refractivity contribution in [2.45, 2.75) is 63.0 Å². The molecule has 1 saturated heterocycles. The van der Waals surface area contributed by atoms with Crippen LogP contribution < -0.4 is 5.32 Å². The molecule has 1 N–H and O–H groups in total. The van der Waals surface area contributed by atoms with Gasteiger partial charge in [-0.25, -0.2) is 8.42 Å². The smallest absolute Gasteiger partial charge is 0.234 e. The van der Waals surface area contributed by atoms with Gasteiger partial charge in [-0.3, -0.25) is 9.59 Å². The summed E-state index contributed by atoms with van der Waals surface area (Å²) in [6.07, 6.45) is 9.36. The highest BCUT2D eigenvalue weighted by molar-refractivity contribution is 7.92. The predicted octanol–water partition coefficient (Wildman–Crippen LogP) is 1.74. The van der Waals surface area contributed by atoms with Gasteiger partial charge in [0.05, 0.1) is 5.25 Å². The minimum absolute atomic E-state index is 0.221. The van der Waals surface area contributed by atoms with Crippen molar-refractivity contribution in [1.82, 2.24) is 10.2 Å². The van der Waals surface area contributed by atoms with Crippen LogP contribution in [0, 0.1) is 23.2 Å². The van der Waals surface area contributed by atoms with Crippen LogP contribution >= 0.6 is 0 Å². The zero-order valence-corrected chi connectivity index (χ0v) is 17.1.